The van der Waals surface area contributed by atoms with Crippen molar-refractivity contribution in [2.45, 2.75) is 45.4 Å². The second-order valence-electron chi connectivity index (χ2n) is 6.03. The molecule has 3 rings (SSSR count). The average molecular weight is 243 g/mol. The molecule has 0 aromatic heterocycles. The molecule has 1 N–H and O–H groups in total. The molecule has 1 amide bonds. The van der Waals surface area contributed by atoms with Crippen molar-refractivity contribution in [3.8, 4) is 0 Å². The maximum atomic E-state index is 12.2. The van der Waals surface area contributed by atoms with E-state index in [0.29, 0.717) is 5.41 Å². The van der Waals surface area contributed by atoms with Gasteiger partial charge in [0.1, 0.15) is 0 Å². The number of carbonyl (C=O) groups is 1. The van der Waals surface area contributed by atoms with Crippen LogP contribution in [0.15, 0.2) is 0 Å². The zero-order valence-electron chi connectivity index (χ0n) is 10.2. The number of rotatable bonds is 2. The Morgan fingerprint density at radius 1 is 1.19 bits per heavy atom. The van der Waals surface area contributed by atoms with Crippen LogP contribution in [0.2, 0.25) is 0 Å². The topological polar surface area (TPSA) is 46.2 Å². The third-order valence-electron chi connectivity index (χ3n) is 4.41. The van der Waals surface area contributed by atoms with Crippen LogP contribution in [0.25, 0.3) is 0 Å². The van der Waals surface area contributed by atoms with Gasteiger partial charge in [0, 0.05) is 16.0 Å². The van der Waals surface area contributed by atoms with E-state index in [1.807, 2.05) is 0 Å². The largest absolute Gasteiger partial charge is 0.283 e. The number of amides is 1. The molecule has 2 bridgehead atoms. The Morgan fingerprint density at radius 3 is 2.00 bits per heavy atom. The van der Waals surface area contributed by atoms with E-state index in [-0.39, 0.29) is 11.3 Å². The summed E-state index contributed by atoms with van der Waals surface area (Å²) in [5, 5.41) is 0. The highest BCUT2D eigenvalue weighted by Crippen LogP contribution is 2.56. The maximum absolute atomic E-state index is 12.2. The minimum atomic E-state index is -2.42. The summed E-state index contributed by atoms with van der Waals surface area (Å²) >= 11 is 0. The lowest BCUT2D eigenvalue weighted by molar-refractivity contribution is -0.137. The summed E-state index contributed by atoms with van der Waals surface area (Å²) in [6, 6.07) is 0. The fourth-order valence-electron chi connectivity index (χ4n) is 3.02. The van der Waals surface area contributed by atoms with Crippen LogP contribution in [0.3, 0.4) is 0 Å². The standard InChI is InChI=1S/C12H21NO2S/c1-11-4-7-12(8-5-11,9-6-11)10(14)13-16(2,3)15/h2,4-9H2,1,3H3,(H,13,14,15). The molecule has 3 aliphatic carbocycles. The molecule has 3 aliphatic rings. The highest BCUT2D eigenvalue weighted by molar-refractivity contribution is 7.98. The average Bonchev–Trinajstić information content (AvgIpc) is 2.16. The molecule has 92 valence electrons. The Labute approximate surface area is 98.1 Å². The first-order valence-electron chi connectivity index (χ1n) is 5.89. The fraction of sp³-hybridized carbons (Fsp3) is 0.833. The predicted molar refractivity (Wildman–Crippen MR) is 67.6 cm³/mol. The number of carbonyl (C=O) groups excluding carboxylic acids is 1. The fourth-order valence-corrected chi connectivity index (χ4v) is 3.63. The third kappa shape index (κ3) is 2.12. The third-order valence-corrected chi connectivity index (χ3v) is 5.03. The smallest absolute Gasteiger partial charge is 0.237 e. The van der Waals surface area contributed by atoms with E-state index in [1.165, 1.54) is 6.26 Å². The van der Waals surface area contributed by atoms with Crippen molar-refractivity contribution >= 4 is 21.5 Å². The molecule has 0 saturated heterocycles. The van der Waals surface area contributed by atoms with Gasteiger partial charge in [-0.1, -0.05) is 6.92 Å². The van der Waals surface area contributed by atoms with Crippen LogP contribution in [0.5, 0.6) is 0 Å². The molecule has 1 atom stereocenters. The molecule has 0 aliphatic heterocycles. The second-order valence-corrected chi connectivity index (χ2v) is 8.24. The Morgan fingerprint density at radius 2 is 1.62 bits per heavy atom. The van der Waals surface area contributed by atoms with Gasteiger partial charge in [0.15, 0.2) is 0 Å². The summed E-state index contributed by atoms with van der Waals surface area (Å²) < 4.78 is 14.1. The highest BCUT2D eigenvalue weighted by Gasteiger charge is 2.50. The number of hydrogen-bond donors (Lipinski definition) is 1. The highest BCUT2D eigenvalue weighted by atomic mass is 32.2. The minimum absolute atomic E-state index is 0.0308. The van der Waals surface area contributed by atoms with Gasteiger partial charge in [0.2, 0.25) is 5.91 Å². The Kier molecular flexibility index (Phi) is 2.61. The van der Waals surface area contributed by atoms with Crippen LogP contribution in [-0.4, -0.2) is 22.2 Å². The molecule has 0 aromatic rings. The zero-order chi connectivity index (χ0) is 12.0. The van der Waals surface area contributed by atoms with E-state index >= 15 is 0 Å². The lowest BCUT2D eigenvalue weighted by Crippen LogP contribution is -2.50. The van der Waals surface area contributed by atoms with Gasteiger partial charge in [-0.05, 0) is 49.8 Å². The molecule has 16 heavy (non-hydrogen) atoms. The number of fused-ring (bicyclic) bond motifs is 3. The van der Waals surface area contributed by atoms with Gasteiger partial charge in [-0.15, -0.1) is 0 Å². The lowest BCUT2D eigenvalue weighted by Gasteiger charge is -2.50. The molecule has 0 heterocycles. The van der Waals surface area contributed by atoms with Crippen molar-refractivity contribution in [2.75, 3.05) is 6.26 Å². The quantitative estimate of drug-likeness (QED) is 0.751. The van der Waals surface area contributed by atoms with E-state index in [0.717, 1.165) is 38.5 Å². The van der Waals surface area contributed by atoms with E-state index in [1.54, 1.807) is 0 Å². The monoisotopic (exact) mass is 243 g/mol. The Balaban J connectivity index is 2.13. The van der Waals surface area contributed by atoms with Crippen LogP contribution in [0, 0.1) is 10.8 Å². The molecule has 0 radical (unpaired) electrons. The molecule has 4 heteroatoms. The van der Waals surface area contributed by atoms with Crippen LogP contribution in [-0.2, 0) is 14.5 Å². The molecule has 1 unspecified atom stereocenters. The Bertz CT molecular complexity index is 386. The van der Waals surface area contributed by atoms with Gasteiger partial charge in [0.25, 0.3) is 0 Å². The van der Waals surface area contributed by atoms with Crippen molar-refractivity contribution in [3.05, 3.63) is 0 Å². The van der Waals surface area contributed by atoms with Gasteiger partial charge in [0.05, 0.1) is 5.41 Å². The lowest BCUT2D eigenvalue weighted by atomic mass is 9.54. The normalized spacial score (nSPS) is 41.4. The van der Waals surface area contributed by atoms with Gasteiger partial charge in [-0.25, -0.2) is 4.21 Å². The molecular weight excluding hydrogens is 222 g/mol. The van der Waals surface area contributed by atoms with Crippen molar-refractivity contribution < 1.29 is 9.00 Å². The first-order valence-corrected chi connectivity index (χ1v) is 8.03. The van der Waals surface area contributed by atoms with Crippen LogP contribution < -0.4 is 4.72 Å². The Hall–Kier alpha value is -0.510. The van der Waals surface area contributed by atoms with Crippen LogP contribution in [0.4, 0.5) is 0 Å². The summed E-state index contributed by atoms with van der Waals surface area (Å²) in [5.41, 5.74) is 0.217. The summed E-state index contributed by atoms with van der Waals surface area (Å²) in [5.74, 6) is 3.46. The summed E-state index contributed by atoms with van der Waals surface area (Å²) in [6.45, 7) is 2.32. The van der Waals surface area contributed by atoms with E-state index in [2.05, 4.69) is 17.5 Å². The molecule has 0 spiro atoms. The van der Waals surface area contributed by atoms with E-state index in [9.17, 15) is 9.00 Å². The van der Waals surface area contributed by atoms with Gasteiger partial charge in [-0.3, -0.25) is 9.52 Å². The first kappa shape index (κ1) is 12.0. The summed E-state index contributed by atoms with van der Waals surface area (Å²) in [7, 11) is -2.42. The van der Waals surface area contributed by atoms with E-state index < -0.39 is 9.71 Å². The first-order chi connectivity index (χ1) is 7.25. The number of nitrogens with one attached hydrogen (secondary N) is 1. The van der Waals surface area contributed by atoms with Crippen LogP contribution >= 0.6 is 0 Å². The molecule has 3 saturated carbocycles. The zero-order valence-corrected chi connectivity index (χ0v) is 11.0. The van der Waals surface area contributed by atoms with Crippen molar-refractivity contribution in [2.24, 2.45) is 10.8 Å². The summed E-state index contributed by atoms with van der Waals surface area (Å²) in [6.07, 6.45) is 7.71. The predicted octanol–water partition coefficient (Wildman–Crippen LogP) is 1.72. The SMILES string of the molecule is C=S(C)(=O)NC(=O)C12CCC(C)(CC1)CC2. The van der Waals surface area contributed by atoms with E-state index in [4.69, 9.17) is 0 Å². The van der Waals surface area contributed by atoms with Gasteiger partial charge < -0.3 is 0 Å². The molecule has 3 nitrogen and oxygen atoms in total. The van der Waals surface area contributed by atoms with Crippen molar-refractivity contribution in [1.82, 2.24) is 4.72 Å². The molecule has 3 fully saturated rings. The second kappa shape index (κ2) is 3.49. The summed E-state index contributed by atoms with van der Waals surface area (Å²) in [4.78, 5) is 12.2. The van der Waals surface area contributed by atoms with Gasteiger partial charge >= 0.3 is 0 Å². The van der Waals surface area contributed by atoms with Gasteiger partial charge in [-0.2, -0.15) is 0 Å². The van der Waals surface area contributed by atoms with Crippen molar-refractivity contribution in [1.29, 1.82) is 0 Å². The van der Waals surface area contributed by atoms with Crippen LogP contribution in [0.1, 0.15) is 45.4 Å². The maximum Gasteiger partial charge on any atom is 0.237 e. The van der Waals surface area contributed by atoms with Crippen molar-refractivity contribution in [3.63, 3.8) is 0 Å². The minimum Gasteiger partial charge on any atom is -0.283 e. The molecular formula is C12H21NO2S. The number of hydrogen-bond acceptors (Lipinski definition) is 2. The molecule has 0 aromatic carbocycles.